The number of carbonyl (C=O) groups is 1. The largest absolute Gasteiger partial charge is 0.492 e. The average molecular weight is 524 g/mol. The number of nitrogens with one attached hydrogen (secondary N) is 3. The highest BCUT2D eigenvalue weighted by molar-refractivity contribution is 14.0. The summed E-state index contributed by atoms with van der Waals surface area (Å²) in [5.41, 5.74) is 1.73. The summed E-state index contributed by atoms with van der Waals surface area (Å²) in [7, 11) is 0. The summed E-state index contributed by atoms with van der Waals surface area (Å²) in [6, 6.07) is 17.3. The van der Waals surface area contributed by atoms with Gasteiger partial charge >= 0.3 is 0 Å². The van der Waals surface area contributed by atoms with E-state index in [1.54, 1.807) is 0 Å². The molecular formula is C23H33IN4O2. The van der Waals surface area contributed by atoms with Crippen molar-refractivity contribution >= 4 is 35.8 Å². The highest BCUT2D eigenvalue weighted by atomic mass is 127. The Balaban J connectivity index is 0.00000450. The first-order chi connectivity index (χ1) is 14.2. The zero-order chi connectivity index (χ0) is 20.7. The van der Waals surface area contributed by atoms with E-state index in [1.807, 2.05) is 61.5 Å². The van der Waals surface area contributed by atoms with Crippen LogP contribution in [0.3, 0.4) is 0 Å². The average Bonchev–Trinajstić information content (AvgIpc) is 2.76. The minimum atomic E-state index is -0.0260. The number of rotatable bonds is 11. The van der Waals surface area contributed by atoms with Crippen LogP contribution in [0.25, 0.3) is 0 Å². The van der Waals surface area contributed by atoms with Crippen molar-refractivity contribution in [3.05, 3.63) is 65.7 Å². The van der Waals surface area contributed by atoms with Gasteiger partial charge in [-0.2, -0.15) is 0 Å². The lowest BCUT2D eigenvalue weighted by atomic mass is 10.1. The Morgan fingerprint density at radius 3 is 2.33 bits per heavy atom. The molecule has 7 heteroatoms. The molecule has 3 N–H and O–H groups in total. The molecule has 2 aromatic rings. The molecule has 0 bridgehead atoms. The summed E-state index contributed by atoms with van der Waals surface area (Å²) in [6.07, 6.45) is 2.06. The number of hydrogen-bond acceptors (Lipinski definition) is 3. The number of carbonyl (C=O) groups excluding carboxylic acids is 1. The number of halogens is 1. The molecule has 0 saturated carbocycles. The van der Waals surface area contributed by atoms with Gasteiger partial charge in [0.25, 0.3) is 5.91 Å². The van der Waals surface area contributed by atoms with Gasteiger partial charge in [-0.25, -0.2) is 4.99 Å². The highest BCUT2D eigenvalue weighted by Crippen LogP contribution is 2.08. The van der Waals surface area contributed by atoms with E-state index in [2.05, 4.69) is 27.9 Å². The van der Waals surface area contributed by atoms with Crippen LogP contribution < -0.4 is 20.7 Å². The molecule has 0 aromatic heterocycles. The van der Waals surface area contributed by atoms with E-state index in [9.17, 15) is 4.79 Å². The Morgan fingerprint density at radius 2 is 1.67 bits per heavy atom. The molecule has 0 spiro atoms. The topological polar surface area (TPSA) is 74.8 Å². The molecule has 2 rings (SSSR count). The van der Waals surface area contributed by atoms with Crippen LogP contribution >= 0.6 is 24.0 Å². The van der Waals surface area contributed by atoms with Crippen LogP contribution in [0.15, 0.2) is 59.6 Å². The van der Waals surface area contributed by atoms with Gasteiger partial charge in [-0.3, -0.25) is 4.79 Å². The third-order valence-electron chi connectivity index (χ3n) is 4.20. The van der Waals surface area contributed by atoms with E-state index in [1.165, 1.54) is 0 Å². The van der Waals surface area contributed by atoms with Gasteiger partial charge in [0.1, 0.15) is 12.4 Å². The Kier molecular flexibility index (Phi) is 13.3. The fraction of sp³-hybridized carbons (Fsp3) is 0.391. The lowest BCUT2D eigenvalue weighted by Crippen LogP contribution is -2.39. The van der Waals surface area contributed by atoms with Crippen LogP contribution in [0.5, 0.6) is 5.75 Å². The molecule has 0 fully saturated rings. The van der Waals surface area contributed by atoms with Crippen molar-refractivity contribution in [2.24, 2.45) is 4.99 Å². The lowest BCUT2D eigenvalue weighted by Gasteiger charge is -2.12. The maximum Gasteiger partial charge on any atom is 0.251 e. The Labute approximate surface area is 196 Å². The van der Waals surface area contributed by atoms with Crippen LogP contribution in [-0.2, 0) is 6.54 Å². The quantitative estimate of drug-likeness (QED) is 0.180. The summed E-state index contributed by atoms with van der Waals surface area (Å²) in [5.74, 6) is 1.57. The highest BCUT2D eigenvalue weighted by Gasteiger charge is 2.04. The maximum atomic E-state index is 12.1. The second-order valence-electron chi connectivity index (χ2n) is 6.59. The van der Waals surface area contributed by atoms with E-state index >= 15 is 0 Å². The van der Waals surface area contributed by atoms with E-state index in [0.29, 0.717) is 31.8 Å². The predicted octanol–water partition coefficient (Wildman–Crippen LogP) is 3.97. The number of unbranched alkanes of at least 4 members (excludes halogenated alkanes) is 1. The molecule has 30 heavy (non-hydrogen) atoms. The normalized spacial score (nSPS) is 10.7. The summed E-state index contributed by atoms with van der Waals surface area (Å²) in [4.78, 5) is 16.7. The van der Waals surface area contributed by atoms with Gasteiger partial charge in [0.15, 0.2) is 5.96 Å². The van der Waals surface area contributed by atoms with Crippen LogP contribution in [0.1, 0.15) is 42.6 Å². The van der Waals surface area contributed by atoms with Crippen molar-refractivity contribution in [2.45, 2.75) is 33.2 Å². The number of nitrogens with zero attached hydrogens (tertiary/aromatic N) is 1. The van der Waals surface area contributed by atoms with Gasteiger partial charge < -0.3 is 20.7 Å². The Hall–Kier alpha value is -2.29. The summed E-state index contributed by atoms with van der Waals surface area (Å²) < 4.78 is 5.68. The van der Waals surface area contributed by atoms with E-state index in [-0.39, 0.29) is 29.9 Å². The van der Waals surface area contributed by atoms with Gasteiger partial charge in [-0.15, -0.1) is 24.0 Å². The van der Waals surface area contributed by atoms with Crippen LogP contribution in [0.4, 0.5) is 0 Å². The van der Waals surface area contributed by atoms with Crippen molar-refractivity contribution in [1.29, 1.82) is 0 Å². The van der Waals surface area contributed by atoms with Crippen LogP contribution in [-0.4, -0.2) is 38.1 Å². The summed E-state index contributed by atoms with van der Waals surface area (Å²) in [5, 5.41) is 9.43. The minimum absolute atomic E-state index is 0. The lowest BCUT2D eigenvalue weighted by molar-refractivity contribution is 0.0953. The fourth-order valence-electron chi connectivity index (χ4n) is 2.61. The third kappa shape index (κ3) is 9.96. The van der Waals surface area contributed by atoms with Gasteiger partial charge in [0.05, 0.1) is 13.1 Å². The monoisotopic (exact) mass is 524 g/mol. The summed E-state index contributed by atoms with van der Waals surface area (Å²) >= 11 is 0. The first kappa shape index (κ1) is 25.7. The number of aliphatic imine (C=N–C) groups is 1. The van der Waals surface area contributed by atoms with Gasteiger partial charge in [-0.1, -0.05) is 43.7 Å². The summed E-state index contributed by atoms with van der Waals surface area (Å²) in [6.45, 7) is 7.37. The molecule has 1 amide bonds. The molecule has 0 aliphatic rings. The number of ether oxygens (including phenoxy) is 1. The zero-order valence-electron chi connectivity index (χ0n) is 17.8. The van der Waals surface area contributed by atoms with Crippen molar-refractivity contribution < 1.29 is 9.53 Å². The molecule has 2 aromatic carbocycles. The molecular weight excluding hydrogens is 491 g/mol. The molecule has 0 aliphatic carbocycles. The Bertz CT molecular complexity index is 752. The van der Waals surface area contributed by atoms with Crippen molar-refractivity contribution in [2.75, 3.05) is 26.2 Å². The first-order valence-electron chi connectivity index (χ1n) is 10.3. The molecule has 164 valence electrons. The fourth-order valence-corrected chi connectivity index (χ4v) is 2.61. The van der Waals surface area contributed by atoms with Crippen molar-refractivity contribution in [3.63, 3.8) is 0 Å². The maximum absolute atomic E-state index is 12.1. The van der Waals surface area contributed by atoms with Crippen LogP contribution in [0.2, 0.25) is 0 Å². The second kappa shape index (κ2) is 15.5. The number of benzene rings is 2. The first-order valence-corrected chi connectivity index (χ1v) is 10.3. The molecule has 0 aliphatic heterocycles. The number of para-hydroxylation sites is 1. The molecule has 6 nitrogen and oxygen atoms in total. The van der Waals surface area contributed by atoms with Crippen molar-refractivity contribution in [1.82, 2.24) is 16.0 Å². The van der Waals surface area contributed by atoms with Crippen LogP contribution in [0, 0.1) is 0 Å². The number of amides is 1. The molecule has 0 atom stereocenters. The molecule has 0 saturated heterocycles. The number of hydrogen-bond donors (Lipinski definition) is 3. The predicted molar refractivity (Wildman–Crippen MR) is 134 cm³/mol. The van der Waals surface area contributed by atoms with E-state index in [4.69, 9.17) is 4.74 Å². The number of guanidine groups is 1. The van der Waals surface area contributed by atoms with E-state index in [0.717, 1.165) is 36.7 Å². The standard InChI is InChI=1S/C23H32N4O2.HI/c1-3-5-15-25-22(28)20-13-11-19(12-14-20)18-27-23(24-4-2)26-16-17-29-21-9-7-6-8-10-21;/h6-14H,3-5,15-18H2,1-2H3,(H,25,28)(H2,24,26,27);1H. The second-order valence-corrected chi connectivity index (χ2v) is 6.59. The van der Waals surface area contributed by atoms with E-state index < -0.39 is 0 Å². The zero-order valence-corrected chi connectivity index (χ0v) is 20.1. The molecule has 0 radical (unpaired) electrons. The van der Waals surface area contributed by atoms with Crippen molar-refractivity contribution in [3.8, 4) is 5.75 Å². The Morgan fingerprint density at radius 1 is 0.933 bits per heavy atom. The minimum Gasteiger partial charge on any atom is -0.492 e. The third-order valence-corrected chi connectivity index (χ3v) is 4.20. The van der Waals surface area contributed by atoms with Gasteiger partial charge in [0, 0.05) is 18.7 Å². The SMILES string of the molecule is CCCCNC(=O)c1ccc(CN=C(NCC)NCCOc2ccccc2)cc1.I. The smallest absolute Gasteiger partial charge is 0.251 e. The molecule has 0 heterocycles. The van der Waals surface area contributed by atoms with Gasteiger partial charge in [0.2, 0.25) is 0 Å². The van der Waals surface area contributed by atoms with Gasteiger partial charge in [-0.05, 0) is 43.2 Å². The molecule has 0 unspecified atom stereocenters.